The van der Waals surface area contributed by atoms with Crippen LogP contribution in [0.3, 0.4) is 0 Å². The van der Waals surface area contributed by atoms with Crippen LogP contribution in [0, 0.1) is 0 Å². The predicted molar refractivity (Wildman–Crippen MR) is 68.2 cm³/mol. The molecular weight excluding hydrogens is 246 g/mol. The van der Waals surface area contributed by atoms with E-state index in [0.717, 1.165) is 10.6 Å². The predicted octanol–water partition coefficient (Wildman–Crippen LogP) is 1.03. The van der Waals surface area contributed by atoms with Gasteiger partial charge in [-0.15, -0.1) is 0 Å². The highest BCUT2D eigenvalue weighted by Gasteiger charge is 2.17. The zero-order valence-corrected chi connectivity index (χ0v) is 10.4. The van der Waals surface area contributed by atoms with Crippen LogP contribution in [-0.2, 0) is 4.79 Å². The van der Waals surface area contributed by atoms with Gasteiger partial charge in [-0.05, 0) is 18.2 Å². The van der Waals surface area contributed by atoms with Crippen LogP contribution in [0.2, 0.25) is 0 Å². The normalized spacial score (nSPS) is 10.2. The van der Waals surface area contributed by atoms with Crippen LogP contribution >= 0.6 is 0 Å². The summed E-state index contributed by atoms with van der Waals surface area (Å²) in [6.45, 7) is -0.350. The first-order valence-electron chi connectivity index (χ1n) is 5.66. The fraction of sp³-hybridized carbons (Fsp3) is 0.154. The molecule has 0 spiro atoms. The average Bonchev–Trinajstić information content (AvgIpc) is 2.87. The van der Waals surface area contributed by atoms with E-state index in [2.05, 4.69) is 5.10 Å². The largest absolute Gasteiger partial charge is 0.480 e. The van der Waals surface area contributed by atoms with Gasteiger partial charge in [-0.1, -0.05) is 18.2 Å². The lowest BCUT2D eigenvalue weighted by Crippen LogP contribution is -2.32. The van der Waals surface area contributed by atoms with E-state index in [4.69, 9.17) is 5.11 Å². The Hall–Kier alpha value is -2.63. The molecule has 0 radical (unpaired) electrons. The summed E-state index contributed by atoms with van der Waals surface area (Å²) in [5, 5.41) is 12.8. The van der Waals surface area contributed by atoms with Crippen LogP contribution < -0.4 is 0 Å². The first-order chi connectivity index (χ1) is 9.08. The molecule has 0 bridgehead atoms. The van der Waals surface area contributed by atoms with Crippen molar-refractivity contribution in [2.45, 2.75) is 0 Å². The van der Waals surface area contributed by atoms with Crippen LogP contribution in [0.15, 0.2) is 42.6 Å². The van der Waals surface area contributed by atoms with Crippen LogP contribution in [-0.4, -0.2) is 45.3 Å². The SMILES string of the molecule is CN(CC(=O)O)C(=O)c1ccn(-c2ccccc2)n1. The molecule has 0 atom stereocenters. The van der Waals surface area contributed by atoms with Crippen molar-refractivity contribution < 1.29 is 14.7 Å². The van der Waals surface area contributed by atoms with E-state index in [-0.39, 0.29) is 12.2 Å². The molecule has 6 heteroatoms. The highest BCUT2D eigenvalue weighted by Crippen LogP contribution is 2.08. The van der Waals surface area contributed by atoms with E-state index in [9.17, 15) is 9.59 Å². The van der Waals surface area contributed by atoms with Gasteiger partial charge >= 0.3 is 5.97 Å². The molecule has 0 saturated carbocycles. The fourth-order valence-electron chi connectivity index (χ4n) is 1.63. The van der Waals surface area contributed by atoms with E-state index in [0.29, 0.717) is 0 Å². The average molecular weight is 259 g/mol. The molecule has 1 amide bonds. The molecule has 0 unspecified atom stereocenters. The number of aliphatic carboxylic acids is 1. The van der Waals surface area contributed by atoms with E-state index >= 15 is 0 Å². The van der Waals surface area contributed by atoms with Gasteiger partial charge in [0.05, 0.1) is 5.69 Å². The Morgan fingerprint density at radius 3 is 2.58 bits per heavy atom. The fourth-order valence-corrected chi connectivity index (χ4v) is 1.63. The lowest BCUT2D eigenvalue weighted by molar-refractivity contribution is -0.137. The number of rotatable bonds is 4. The summed E-state index contributed by atoms with van der Waals surface area (Å²) in [7, 11) is 1.43. The third-order valence-electron chi connectivity index (χ3n) is 2.55. The molecule has 0 aliphatic rings. The minimum Gasteiger partial charge on any atom is -0.480 e. The van der Waals surface area contributed by atoms with E-state index in [1.165, 1.54) is 7.05 Å². The Balaban J connectivity index is 2.17. The quantitative estimate of drug-likeness (QED) is 0.889. The van der Waals surface area contributed by atoms with E-state index < -0.39 is 11.9 Å². The molecule has 1 aromatic carbocycles. The maximum Gasteiger partial charge on any atom is 0.323 e. The maximum absolute atomic E-state index is 11.9. The van der Waals surface area contributed by atoms with Crippen molar-refractivity contribution in [3.05, 3.63) is 48.3 Å². The van der Waals surface area contributed by atoms with Gasteiger partial charge in [0, 0.05) is 13.2 Å². The molecule has 1 aromatic heterocycles. The van der Waals surface area contributed by atoms with Gasteiger partial charge < -0.3 is 10.0 Å². The van der Waals surface area contributed by atoms with Crippen LogP contribution in [0.5, 0.6) is 0 Å². The number of benzene rings is 1. The first kappa shape index (κ1) is 12.8. The van der Waals surface area contributed by atoms with Gasteiger partial charge in [-0.2, -0.15) is 5.10 Å². The highest BCUT2D eigenvalue weighted by molar-refractivity contribution is 5.93. The second-order valence-electron chi connectivity index (χ2n) is 4.04. The van der Waals surface area contributed by atoms with Crippen molar-refractivity contribution in [1.82, 2.24) is 14.7 Å². The number of carbonyl (C=O) groups is 2. The standard InChI is InChI=1S/C13H13N3O3/c1-15(9-12(17)18)13(19)11-7-8-16(14-11)10-5-3-2-4-6-10/h2-8H,9H2,1H3,(H,17,18). The van der Waals surface area contributed by atoms with Gasteiger partial charge in [0.1, 0.15) is 6.54 Å². The zero-order valence-electron chi connectivity index (χ0n) is 10.4. The summed E-state index contributed by atoms with van der Waals surface area (Å²) in [5.74, 6) is -1.48. The summed E-state index contributed by atoms with van der Waals surface area (Å²) < 4.78 is 1.57. The van der Waals surface area contributed by atoms with Crippen LogP contribution in [0.4, 0.5) is 0 Å². The Morgan fingerprint density at radius 2 is 1.95 bits per heavy atom. The number of hydrogen-bond donors (Lipinski definition) is 1. The Labute approximate surface area is 109 Å². The molecule has 1 heterocycles. The lowest BCUT2D eigenvalue weighted by atomic mass is 10.3. The topological polar surface area (TPSA) is 75.4 Å². The van der Waals surface area contributed by atoms with Crippen molar-refractivity contribution in [2.75, 3.05) is 13.6 Å². The smallest absolute Gasteiger partial charge is 0.323 e. The number of likely N-dealkylation sites (N-methyl/N-ethyl adjacent to an activating group) is 1. The van der Waals surface area contributed by atoms with Gasteiger partial charge in [0.25, 0.3) is 5.91 Å². The van der Waals surface area contributed by atoms with Gasteiger partial charge in [0.2, 0.25) is 0 Å². The van der Waals surface area contributed by atoms with Gasteiger partial charge in [-0.25, -0.2) is 4.68 Å². The summed E-state index contributed by atoms with van der Waals surface area (Å²) >= 11 is 0. The number of amides is 1. The molecule has 0 fully saturated rings. The van der Waals surface area contributed by atoms with Crippen molar-refractivity contribution in [3.8, 4) is 5.69 Å². The van der Waals surface area contributed by atoms with Gasteiger partial charge in [0.15, 0.2) is 5.69 Å². The Morgan fingerprint density at radius 1 is 1.26 bits per heavy atom. The van der Waals surface area contributed by atoms with Crippen molar-refractivity contribution in [1.29, 1.82) is 0 Å². The Bertz CT molecular complexity index is 592. The molecule has 2 aromatic rings. The Kier molecular flexibility index (Phi) is 3.61. The maximum atomic E-state index is 11.9. The lowest BCUT2D eigenvalue weighted by Gasteiger charge is -2.12. The summed E-state index contributed by atoms with van der Waals surface area (Å²) in [5.41, 5.74) is 1.05. The summed E-state index contributed by atoms with van der Waals surface area (Å²) in [6, 6.07) is 10.9. The van der Waals surface area contributed by atoms with E-state index in [1.807, 2.05) is 30.3 Å². The molecule has 0 aliphatic carbocycles. The molecule has 19 heavy (non-hydrogen) atoms. The number of aromatic nitrogens is 2. The molecule has 0 saturated heterocycles. The van der Waals surface area contributed by atoms with Crippen molar-refractivity contribution in [3.63, 3.8) is 0 Å². The monoisotopic (exact) mass is 259 g/mol. The highest BCUT2D eigenvalue weighted by atomic mass is 16.4. The molecular formula is C13H13N3O3. The van der Waals surface area contributed by atoms with Gasteiger partial charge in [-0.3, -0.25) is 9.59 Å². The zero-order chi connectivity index (χ0) is 13.8. The number of nitrogens with zero attached hydrogens (tertiary/aromatic N) is 3. The number of carbonyl (C=O) groups excluding carboxylic acids is 1. The summed E-state index contributed by atoms with van der Waals surface area (Å²) in [4.78, 5) is 23.6. The number of para-hydroxylation sites is 1. The molecule has 2 rings (SSSR count). The first-order valence-corrected chi connectivity index (χ1v) is 5.66. The molecule has 98 valence electrons. The second-order valence-corrected chi connectivity index (χ2v) is 4.04. The third-order valence-corrected chi connectivity index (χ3v) is 2.55. The third kappa shape index (κ3) is 2.98. The van der Waals surface area contributed by atoms with E-state index in [1.54, 1.807) is 16.9 Å². The second kappa shape index (κ2) is 5.34. The summed E-state index contributed by atoms with van der Waals surface area (Å²) in [6.07, 6.45) is 1.66. The molecule has 0 aliphatic heterocycles. The number of hydrogen-bond acceptors (Lipinski definition) is 3. The van der Waals surface area contributed by atoms with Crippen LogP contribution in [0.1, 0.15) is 10.5 Å². The number of carboxylic acids is 1. The molecule has 6 nitrogen and oxygen atoms in total. The number of carboxylic acid groups (broad SMARTS) is 1. The minimum absolute atomic E-state index is 0.215. The van der Waals surface area contributed by atoms with Crippen LogP contribution in [0.25, 0.3) is 5.69 Å². The van der Waals surface area contributed by atoms with Crippen molar-refractivity contribution in [2.24, 2.45) is 0 Å². The van der Waals surface area contributed by atoms with Crippen molar-refractivity contribution >= 4 is 11.9 Å². The molecule has 1 N–H and O–H groups in total. The minimum atomic E-state index is -1.06.